The van der Waals surface area contributed by atoms with Crippen molar-refractivity contribution in [1.82, 2.24) is 0 Å². The number of ketones is 1. The molecule has 2 aliphatic rings. The lowest BCUT2D eigenvalue weighted by molar-refractivity contribution is -0.146. The standard InChI is InChI=1S/C29H32BrNO7/c1-7-38-29(33)25-15(2)31-20-11-17(16-8-9-22(34-3)23(13-16)35-4)12-21(32)27(20)26(25)18-10-19(30)28(37-6)24(14-18)36-5/h8-10,13-14,17,25-26H,7,11-12H2,1-6H3/t17-,25?,26+/m1/s1. The number of allylic oxidation sites excluding steroid dienone is 2. The largest absolute Gasteiger partial charge is 0.493 e. The van der Waals surface area contributed by atoms with Crippen LogP contribution in [-0.2, 0) is 14.3 Å². The third-order valence-corrected chi connectivity index (χ3v) is 7.71. The van der Waals surface area contributed by atoms with Gasteiger partial charge in [0.05, 0.1) is 39.5 Å². The van der Waals surface area contributed by atoms with Crippen molar-refractivity contribution in [3.05, 3.63) is 57.2 Å². The molecular weight excluding hydrogens is 554 g/mol. The first-order chi connectivity index (χ1) is 18.3. The molecule has 0 bridgehead atoms. The number of aliphatic imine (C=N–C) groups is 1. The molecule has 8 nitrogen and oxygen atoms in total. The highest BCUT2D eigenvalue weighted by Crippen LogP contribution is 2.49. The average molecular weight is 586 g/mol. The van der Waals surface area contributed by atoms with Crippen molar-refractivity contribution in [3.8, 4) is 23.0 Å². The molecule has 0 aromatic heterocycles. The van der Waals surface area contributed by atoms with Gasteiger partial charge in [-0.2, -0.15) is 0 Å². The number of esters is 1. The van der Waals surface area contributed by atoms with Crippen LogP contribution in [0.25, 0.3) is 0 Å². The summed E-state index contributed by atoms with van der Waals surface area (Å²) in [4.78, 5) is 31.9. The fraction of sp³-hybridized carbons (Fsp3) is 0.414. The van der Waals surface area contributed by atoms with E-state index in [-0.39, 0.29) is 24.7 Å². The maximum Gasteiger partial charge on any atom is 0.315 e. The fourth-order valence-corrected chi connectivity index (χ4v) is 6.04. The van der Waals surface area contributed by atoms with Gasteiger partial charge in [0.2, 0.25) is 0 Å². The van der Waals surface area contributed by atoms with Crippen LogP contribution in [0, 0.1) is 5.92 Å². The van der Waals surface area contributed by atoms with Gasteiger partial charge in [-0.25, -0.2) is 0 Å². The van der Waals surface area contributed by atoms with E-state index in [0.717, 1.165) is 11.1 Å². The summed E-state index contributed by atoms with van der Waals surface area (Å²) in [6, 6.07) is 9.39. The van der Waals surface area contributed by atoms with Crippen LogP contribution in [0.1, 0.15) is 49.7 Å². The van der Waals surface area contributed by atoms with Crippen LogP contribution in [0.5, 0.6) is 23.0 Å². The van der Waals surface area contributed by atoms with Crippen molar-refractivity contribution in [2.75, 3.05) is 35.0 Å². The number of hydrogen-bond acceptors (Lipinski definition) is 8. The lowest BCUT2D eigenvalue weighted by Crippen LogP contribution is -2.38. The molecule has 3 atom stereocenters. The molecule has 0 spiro atoms. The van der Waals surface area contributed by atoms with E-state index in [9.17, 15) is 9.59 Å². The minimum absolute atomic E-state index is 0.0486. The number of carbonyl (C=O) groups is 2. The summed E-state index contributed by atoms with van der Waals surface area (Å²) in [5.41, 5.74) is 3.55. The predicted molar refractivity (Wildman–Crippen MR) is 147 cm³/mol. The SMILES string of the molecule is CCOC(=O)C1C(C)=NC2=C(C(=O)C[C@H](c3ccc(OC)c(OC)c3)C2)[C@H]1c1cc(Br)c(OC)c(OC)c1. The number of rotatable bonds is 8. The normalized spacial score (nSPS) is 20.9. The molecule has 0 saturated carbocycles. The Balaban J connectivity index is 1.84. The zero-order valence-corrected chi connectivity index (χ0v) is 24.0. The second-order valence-electron chi connectivity index (χ2n) is 9.20. The van der Waals surface area contributed by atoms with Crippen molar-refractivity contribution in [2.45, 2.75) is 38.5 Å². The molecule has 0 amide bonds. The second kappa shape index (κ2) is 11.6. The number of nitrogens with zero attached hydrogens (tertiary/aromatic N) is 1. The zero-order chi connectivity index (χ0) is 27.6. The quantitative estimate of drug-likeness (QED) is 0.371. The van der Waals surface area contributed by atoms with E-state index >= 15 is 0 Å². The maximum absolute atomic E-state index is 13.9. The van der Waals surface area contributed by atoms with Crippen LogP contribution in [0.3, 0.4) is 0 Å². The molecule has 1 aliphatic heterocycles. The van der Waals surface area contributed by atoms with Crippen LogP contribution in [0.2, 0.25) is 0 Å². The molecular formula is C29H32BrNO7. The number of hydrogen-bond donors (Lipinski definition) is 0. The lowest BCUT2D eigenvalue weighted by Gasteiger charge is -2.36. The average Bonchev–Trinajstić information content (AvgIpc) is 2.91. The molecule has 2 aromatic carbocycles. The molecule has 202 valence electrons. The Bertz CT molecular complexity index is 1320. The van der Waals surface area contributed by atoms with Gasteiger partial charge in [-0.3, -0.25) is 14.6 Å². The van der Waals surface area contributed by atoms with Gasteiger partial charge in [-0.1, -0.05) is 6.07 Å². The van der Waals surface area contributed by atoms with Crippen molar-refractivity contribution in [1.29, 1.82) is 0 Å². The molecule has 1 heterocycles. The predicted octanol–water partition coefficient (Wildman–Crippen LogP) is 5.62. The Morgan fingerprint density at radius 2 is 1.63 bits per heavy atom. The second-order valence-corrected chi connectivity index (χ2v) is 10.1. The summed E-state index contributed by atoms with van der Waals surface area (Å²) >= 11 is 3.56. The first kappa shape index (κ1) is 27.7. The molecule has 1 aliphatic carbocycles. The molecule has 38 heavy (non-hydrogen) atoms. The zero-order valence-electron chi connectivity index (χ0n) is 22.4. The summed E-state index contributed by atoms with van der Waals surface area (Å²) < 4.78 is 28.0. The minimum atomic E-state index is -0.736. The minimum Gasteiger partial charge on any atom is -0.493 e. The molecule has 0 fully saturated rings. The molecule has 0 N–H and O–H groups in total. The van der Waals surface area contributed by atoms with E-state index in [2.05, 4.69) is 15.9 Å². The lowest BCUT2D eigenvalue weighted by atomic mass is 9.69. The van der Waals surface area contributed by atoms with Gasteiger partial charge in [-0.05, 0) is 77.5 Å². The summed E-state index contributed by atoms with van der Waals surface area (Å²) in [5.74, 6) is 0.401. The van der Waals surface area contributed by atoms with Gasteiger partial charge >= 0.3 is 5.97 Å². The van der Waals surface area contributed by atoms with Gasteiger partial charge < -0.3 is 23.7 Å². The summed E-state index contributed by atoms with van der Waals surface area (Å²) in [5, 5.41) is 0. The Kier molecular flexibility index (Phi) is 8.45. The van der Waals surface area contributed by atoms with E-state index < -0.39 is 17.8 Å². The Morgan fingerprint density at radius 3 is 2.26 bits per heavy atom. The van der Waals surface area contributed by atoms with Gasteiger partial charge in [0.15, 0.2) is 28.8 Å². The van der Waals surface area contributed by atoms with Crippen molar-refractivity contribution in [2.24, 2.45) is 10.9 Å². The van der Waals surface area contributed by atoms with Gasteiger partial charge in [0.25, 0.3) is 0 Å². The van der Waals surface area contributed by atoms with Gasteiger partial charge in [-0.15, -0.1) is 0 Å². The maximum atomic E-state index is 13.9. The van der Waals surface area contributed by atoms with Crippen LogP contribution >= 0.6 is 15.9 Å². The van der Waals surface area contributed by atoms with Crippen LogP contribution in [-0.4, -0.2) is 52.5 Å². The molecule has 9 heteroatoms. The summed E-state index contributed by atoms with van der Waals surface area (Å²) in [6.07, 6.45) is 0.831. The summed E-state index contributed by atoms with van der Waals surface area (Å²) in [6.45, 7) is 3.81. The highest BCUT2D eigenvalue weighted by Gasteiger charge is 2.45. The monoisotopic (exact) mass is 585 g/mol. The highest BCUT2D eigenvalue weighted by atomic mass is 79.9. The summed E-state index contributed by atoms with van der Waals surface area (Å²) in [7, 11) is 6.28. The van der Waals surface area contributed by atoms with Gasteiger partial charge in [0.1, 0.15) is 5.92 Å². The topological polar surface area (TPSA) is 92.7 Å². The van der Waals surface area contributed by atoms with Crippen molar-refractivity contribution in [3.63, 3.8) is 0 Å². The molecule has 0 radical (unpaired) electrons. The fourth-order valence-electron chi connectivity index (χ4n) is 5.42. The Labute approximate surface area is 231 Å². The third-order valence-electron chi connectivity index (χ3n) is 7.12. The first-order valence-electron chi connectivity index (χ1n) is 12.4. The van der Waals surface area contributed by atoms with Crippen molar-refractivity contribution >= 4 is 33.4 Å². The number of ether oxygens (including phenoxy) is 5. The number of carbonyl (C=O) groups excluding carboxylic acids is 2. The molecule has 1 unspecified atom stereocenters. The number of benzene rings is 2. The number of methoxy groups -OCH3 is 4. The van der Waals surface area contributed by atoms with Crippen LogP contribution < -0.4 is 18.9 Å². The first-order valence-corrected chi connectivity index (χ1v) is 13.2. The Morgan fingerprint density at radius 1 is 0.947 bits per heavy atom. The number of halogens is 1. The van der Waals surface area contributed by atoms with Crippen LogP contribution in [0.15, 0.2) is 51.1 Å². The molecule has 2 aromatic rings. The Hall–Kier alpha value is -3.33. The van der Waals surface area contributed by atoms with E-state index in [0.29, 0.717) is 50.9 Å². The molecule has 4 rings (SSSR count). The van der Waals surface area contributed by atoms with E-state index in [4.69, 9.17) is 28.7 Å². The van der Waals surface area contributed by atoms with E-state index in [1.807, 2.05) is 37.3 Å². The third kappa shape index (κ3) is 5.04. The number of Topliss-reactive ketones (excluding diaryl/α,β-unsaturated/α-hetero) is 1. The smallest absolute Gasteiger partial charge is 0.315 e. The highest BCUT2D eigenvalue weighted by molar-refractivity contribution is 9.10. The van der Waals surface area contributed by atoms with Crippen molar-refractivity contribution < 1.29 is 33.3 Å². The van der Waals surface area contributed by atoms with Gasteiger partial charge in [0, 0.05) is 29.3 Å². The molecule has 0 saturated heterocycles. The van der Waals surface area contributed by atoms with Crippen LogP contribution in [0.4, 0.5) is 0 Å². The van der Waals surface area contributed by atoms with E-state index in [1.165, 1.54) is 0 Å². The van der Waals surface area contributed by atoms with E-state index in [1.54, 1.807) is 35.4 Å².